The van der Waals surface area contributed by atoms with Gasteiger partial charge in [-0.25, -0.2) is 4.68 Å². The summed E-state index contributed by atoms with van der Waals surface area (Å²) in [6.45, 7) is 16.1. The summed E-state index contributed by atoms with van der Waals surface area (Å²) in [5, 5.41) is 10.7. The highest BCUT2D eigenvalue weighted by Gasteiger charge is 2.29. The Kier molecular flexibility index (Phi) is 19.5. The van der Waals surface area contributed by atoms with Gasteiger partial charge >= 0.3 is 0 Å². The Morgan fingerprint density at radius 2 is 1.37 bits per heavy atom. The lowest BCUT2D eigenvalue weighted by Crippen LogP contribution is -2.24. The van der Waals surface area contributed by atoms with Crippen molar-refractivity contribution in [1.29, 1.82) is 0 Å². The van der Waals surface area contributed by atoms with Crippen LogP contribution in [0.1, 0.15) is 150 Å². The number of unbranched alkanes of at least 4 members (excludes halogenated alkanes) is 11. The van der Waals surface area contributed by atoms with E-state index in [9.17, 15) is 9.59 Å². The molecular weight excluding hydrogens is 842 g/mol. The Bertz CT molecular complexity index is 2020. The fourth-order valence-electron chi connectivity index (χ4n) is 7.51. The van der Waals surface area contributed by atoms with Gasteiger partial charge in [0, 0.05) is 17.1 Å². The number of hydrogen-bond donors (Lipinski definition) is 3. The number of carbonyl (C=O) groups is 1. The zero-order valence-electron chi connectivity index (χ0n) is 36.0. The van der Waals surface area contributed by atoms with Gasteiger partial charge in [0.1, 0.15) is 22.2 Å². The summed E-state index contributed by atoms with van der Waals surface area (Å²) >= 11 is 27.7. The number of hydrogen-bond acceptors (Lipinski definition) is 5. The molecule has 4 rings (SSSR count). The topological polar surface area (TPSA) is 88.2 Å². The van der Waals surface area contributed by atoms with Crippen LogP contribution >= 0.6 is 58.2 Å². The first kappa shape index (κ1) is 48.9. The molecule has 0 aliphatic rings. The Morgan fingerprint density at radius 3 is 1.98 bits per heavy atom. The van der Waals surface area contributed by atoms with E-state index in [1.165, 1.54) is 79.9 Å². The number of nitrogens with zero attached hydrogens (tertiary/aromatic N) is 1. The van der Waals surface area contributed by atoms with Crippen LogP contribution in [0.25, 0.3) is 5.69 Å². The lowest BCUT2D eigenvalue weighted by Gasteiger charge is -2.33. The summed E-state index contributed by atoms with van der Waals surface area (Å²) in [6.07, 6.45) is 16.7. The van der Waals surface area contributed by atoms with E-state index in [1.807, 2.05) is 6.07 Å². The molecule has 0 aliphatic carbocycles. The molecule has 0 saturated carbocycles. The molecule has 0 atom stereocenters. The predicted octanol–water partition coefficient (Wildman–Crippen LogP) is 16.2. The lowest BCUT2D eigenvalue weighted by molar-refractivity contribution is -0.116. The molecule has 324 valence electrons. The van der Waals surface area contributed by atoms with Crippen molar-refractivity contribution in [2.75, 3.05) is 17.2 Å². The second-order valence-corrected chi connectivity index (χ2v) is 20.1. The van der Waals surface area contributed by atoms with E-state index in [0.29, 0.717) is 50.9 Å². The number of aromatic nitrogens is 2. The molecule has 0 saturated heterocycles. The van der Waals surface area contributed by atoms with Gasteiger partial charge in [-0.3, -0.25) is 14.7 Å². The summed E-state index contributed by atoms with van der Waals surface area (Å²) in [5.74, 6) is 0.981. The molecular formula is C47H64Cl4N4O3S. The van der Waals surface area contributed by atoms with Crippen LogP contribution in [0.4, 0.5) is 17.2 Å². The Balaban J connectivity index is 1.61. The summed E-state index contributed by atoms with van der Waals surface area (Å²) in [5.41, 5.74) is 2.00. The number of H-pyrrole nitrogens is 1. The van der Waals surface area contributed by atoms with Gasteiger partial charge in [0.2, 0.25) is 5.91 Å². The average Bonchev–Trinajstić information content (AvgIpc) is 3.44. The molecule has 0 unspecified atom stereocenters. The third-order valence-corrected chi connectivity index (χ3v) is 12.5. The number of anilines is 3. The zero-order chi connectivity index (χ0) is 43.2. The van der Waals surface area contributed by atoms with Crippen LogP contribution in [0.5, 0.6) is 5.75 Å². The molecule has 0 aliphatic heterocycles. The molecule has 59 heavy (non-hydrogen) atoms. The first-order valence-electron chi connectivity index (χ1n) is 21.3. The number of ether oxygens (including phenoxy) is 1. The van der Waals surface area contributed by atoms with E-state index in [0.717, 1.165) is 49.0 Å². The van der Waals surface area contributed by atoms with E-state index < -0.39 is 5.56 Å². The molecule has 7 nitrogen and oxygen atoms in total. The van der Waals surface area contributed by atoms with Crippen LogP contribution in [-0.4, -0.2) is 22.3 Å². The summed E-state index contributed by atoms with van der Waals surface area (Å²) in [4.78, 5) is 28.7. The molecule has 4 aromatic rings. The first-order chi connectivity index (χ1) is 28.0. The van der Waals surface area contributed by atoms with Crippen LogP contribution < -0.4 is 20.9 Å². The Labute approximate surface area is 377 Å². The van der Waals surface area contributed by atoms with E-state index in [1.54, 1.807) is 18.2 Å². The second kappa shape index (κ2) is 23.5. The number of amides is 1. The van der Waals surface area contributed by atoms with Gasteiger partial charge in [-0.15, -0.1) is 0 Å². The first-order valence-corrected chi connectivity index (χ1v) is 23.7. The minimum absolute atomic E-state index is 0.0538. The van der Waals surface area contributed by atoms with Gasteiger partial charge in [-0.05, 0) is 78.1 Å². The number of aromatic amines is 1. The largest absolute Gasteiger partial charge is 0.492 e. The number of nitrogens with one attached hydrogen (secondary N) is 3. The monoisotopic (exact) mass is 904 g/mol. The fourth-order valence-corrected chi connectivity index (χ4v) is 9.67. The number of benzene rings is 3. The van der Waals surface area contributed by atoms with Gasteiger partial charge in [0.15, 0.2) is 0 Å². The highest BCUT2D eigenvalue weighted by Crippen LogP contribution is 2.44. The van der Waals surface area contributed by atoms with Crippen LogP contribution in [0.3, 0.4) is 0 Å². The van der Waals surface area contributed by atoms with Crippen LogP contribution in [0.2, 0.25) is 20.1 Å². The molecule has 1 amide bonds. The quantitative estimate of drug-likeness (QED) is 0.0610. The lowest BCUT2D eigenvalue weighted by atomic mass is 9.72. The molecule has 1 aromatic heterocycles. The molecule has 0 spiro atoms. The Morgan fingerprint density at radius 1 is 0.763 bits per heavy atom. The minimum atomic E-state index is -0.393. The van der Waals surface area contributed by atoms with E-state index >= 15 is 0 Å². The average molecular weight is 907 g/mol. The maximum atomic E-state index is 14.5. The fraction of sp³-hybridized carbons (Fsp3) is 0.532. The molecule has 12 heteroatoms. The standard InChI is InChI=1S/C47H64Cl4N4O3S/c1-8-10-12-13-14-15-16-17-18-19-20-21-41(56)52-34-23-24-35(49)38(30-34)53-44-43(45(57)55(54-44)42-36(50)28-33(48)29-37(42)51)59-40-27-32(47(6,7)31-46(3,4)5)22-25-39(40)58-26-11-9-2/h22-25,27-30,53-54H,8-21,26,31H2,1-7H3,(H,52,56). The van der Waals surface area contributed by atoms with Crippen molar-refractivity contribution >= 4 is 81.3 Å². The smallest absolute Gasteiger partial charge is 0.287 e. The van der Waals surface area contributed by atoms with Crippen LogP contribution in [0.15, 0.2) is 63.1 Å². The minimum Gasteiger partial charge on any atom is -0.492 e. The van der Waals surface area contributed by atoms with Crippen LogP contribution in [0, 0.1) is 5.41 Å². The van der Waals surface area contributed by atoms with Crippen molar-refractivity contribution in [3.05, 3.63) is 84.5 Å². The summed E-state index contributed by atoms with van der Waals surface area (Å²) < 4.78 is 7.63. The van der Waals surface area contributed by atoms with Gasteiger partial charge < -0.3 is 15.4 Å². The highest BCUT2D eigenvalue weighted by molar-refractivity contribution is 7.99. The van der Waals surface area contributed by atoms with E-state index in [2.05, 4.69) is 76.3 Å². The third-order valence-electron chi connectivity index (χ3n) is 10.2. The van der Waals surface area contributed by atoms with E-state index in [-0.39, 0.29) is 32.5 Å². The molecule has 0 radical (unpaired) electrons. The van der Waals surface area contributed by atoms with Crippen molar-refractivity contribution in [2.24, 2.45) is 5.41 Å². The molecule has 3 aromatic carbocycles. The maximum absolute atomic E-state index is 14.5. The van der Waals surface area contributed by atoms with Crippen LogP contribution in [-0.2, 0) is 10.2 Å². The van der Waals surface area contributed by atoms with Gasteiger partial charge in [0.05, 0.1) is 32.3 Å². The second-order valence-electron chi connectivity index (χ2n) is 17.4. The molecule has 0 fully saturated rings. The molecule has 0 bridgehead atoms. The predicted molar refractivity (Wildman–Crippen MR) is 254 cm³/mol. The number of carbonyl (C=O) groups excluding carboxylic acids is 1. The van der Waals surface area contributed by atoms with Crippen molar-refractivity contribution in [1.82, 2.24) is 9.78 Å². The van der Waals surface area contributed by atoms with Crippen molar-refractivity contribution in [3.63, 3.8) is 0 Å². The third kappa shape index (κ3) is 15.3. The molecule has 3 N–H and O–H groups in total. The number of halogens is 4. The highest BCUT2D eigenvalue weighted by atomic mass is 35.5. The van der Waals surface area contributed by atoms with Crippen molar-refractivity contribution in [2.45, 2.75) is 160 Å². The molecule has 1 heterocycles. The van der Waals surface area contributed by atoms with Gasteiger partial charge in [0.25, 0.3) is 5.56 Å². The summed E-state index contributed by atoms with van der Waals surface area (Å²) in [6, 6.07) is 14.6. The summed E-state index contributed by atoms with van der Waals surface area (Å²) in [7, 11) is 0. The van der Waals surface area contributed by atoms with Gasteiger partial charge in [-0.2, -0.15) is 0 Å². The van der Waals surface area contributed by atoms with E-state index in [4.69, 9.17) is 51.1 Å². The normalized spacial score (nSPS) is 11.9. The maximum Gasteiger partial charge on any atom is 0.287 e. The number of rotatable bonds is 24. The van der Waals surface area contributed by atoms with Gasteiger partial charge in [-0.1, -0.05) is 183 Å². The Hall–Kier alpha value is -2.75. The van der Waals surface area contributed by atoms with Crippen molar-refractivity contribution < 1.29 is 9.53 Å². The zero-order valence-corrected chi connectivity index (χ0v) is 39.9. The SMILES string of the molecule is CCCCCCCCCCCCCC(=O)Nc1ccc(Cl)c(Nc2[nH]n(-c3c(Cl)cc(Cl)cc3Cl)c(=O)c2Sc2cc(C(C)(C)CC(C)(C)C)ccc2OCCCC)c1. The van der Waals surface area contributed by atoms with Crippen molar-refractivity contribution in [3.8, 4) is 11.4 Å².